The largest absolute Gasteiger partial charge is 0.380 e. The third kappa shape index (κ3) is 6.30. The molecule has 0 bridgehead atoms. The van der Waals surface area contributed by atoms with Gasteiger partial charge in [0, 0.05) is 24.1 Å². The van der Waals surface area contributed by atoms with E-state index in [4.69, 9.17) is 4.74 Å². The minimum absolute atomic E-state index is 0.246. The maximum Gasteiger partial charge on any atom is 0.251 e. The lowest BCUT2D eigenvalue weighted by Gasteiger charge is -2.26. The Morgan fingerprint density at radius 2 is 1.76 bits per heavy atom. The second kappa shape index (κ2) is 9.89. The monoisotopic (exact) mass is 420 g/mol. The molecule has 0 spiro atoms. The molecular weight excluding hydrogens is 391 g/mol. The van der Waals surface area contributed by atoms with Crippen LogP contribution in [0.4, 0.5) is 10.1 Å². The van der Waals surface area contributed by atoms with Gasteiger partial charge in [0.25, 0.3) is 5.91 Å². The lowest BCUT2D eigenvalue weighted by molar-refractivity contribution is -0.126. The molecule has 0 aliphatic rings. The molecule has 0 heterocycles. The smallest absolute Gasteiger partial charge is 0.251 e. The van der Waals surface area contributed by atoms with E-state index in [1.807, 2.05) is 30.9 Å². The third-order valence-electron chi connectivity index (χ3n) is 4.37. The molecule has 2 rings (SSSR count). The fourth-order valence-electron chi connectivity index (χ4n) is 2.83. The molecule has 2 N–H and O–H groups in total. The molecular formula is C22H29FN2O3S. The summed E-state index contributed by atoms with van der Waals surface area (Å²) in [5, 5.41) is 5.45. The molecule has 29 heavy (non-hydrogen) atoms. The van der Waals surface area contributed by atoms with Crippen molar-refractivity contribution in [2.45, 2.75) is 30.9 Å². The number of anilines is 1. The lowest BCUT2D eigenvalue weighted by Crippen LogP contribution is -2.36. The van der Waals surface area contributed by atoms with Gasteiger partial charge >= 0.3 is 0 Å². The van der Waals surface area contributed by atoms with E-state index >= 15 is 0 Å². The number of benzene rings is 2. The number of carbonyl (C=O) groups excluding carboxylic acids is 2. The van der Waals surface area contributed by atoms with Crippen LogP contribution in [0.5, 0.6) is 0 Å². The van der Waals surface area contributed by atoms with Crippen molar-refractivity contribution in [3.05, 3.63) is 59.4 Å². The number of carbonyl (C=O) groups is 2. The summed E-state index contributed by atoms with van der Waals surface area (Å²) in [6.07, 6.45) is 6.27. The van der Waals surface area contributed by atoms with Crippen molar-refractivity contribution in [1.29, 1.82) is 0 Å². The number of halogens is 1. The molecule has 0 aromatic heterocycles. The van der Waals surface area contributed by atoms with E-state index in [0.29, 0.717) is 22.8 Å². The van der Waals surface area contributed by atoms with Gasteiger partial charge in [-0.2, -0.15) is 0 Å². The van der Waals surface area contributed by atoms with Crippen molar-refractivity contribution < 1.29 is 18.7 Å². The zero-order chi connectivity index (χ0) is 21.6. The Bertz CT molecular complexity index is 863. The van der Waals surface area contributed by atoms with Gasteiger partial charge in [0.1, 0.15) is 11.9 Å². The highest BCUT2D eigenvalue weighted by atomic mass is 32.3. The summed E-state index contributed by atoms with van der Waals surface area (Å²) < 4.78 is 19.6. The van der Waals surface area contributed by atoms with Gasteiger partial charge in [0.05, 0.1) is 6.61 Å². The molecule has 0 saturated heterocycles. The van der Waals surface area contributed by atoms with Crippen LogP contribution in [-0.2, 0) is 20.9 Å². The van der Waals surface area contributed by atoms with Crippen LogP contribution >= 0.6 is 10.0 Å². The van der Waals surface area contributed by atoms with Gasteiger partial charge in [-0.15, -0.1) is 0 Å². The van der Waals surface area contributed by atoms with Gasteiger partial charge in [-0.3, -0.25) is 9.59 Å². The molecule has 1 atom stereocenters. The van der Waals surface area contributed by atoms with Crippen LogP contribution in [0.3, 0.4) is 0 Å². The van der Waals surface area contributed by atoms with E-state index in [2.05, 4.69) is 10.6 Å². The average Bonchev–Trinajstić information content (AvgIpc) is 2.66. The van der Waals surface area contributed by atoms with Crippen molar-refractivity contribution in [2.24, 2.45) is 0 Å². The predicted octanol–water partition coefficient (Wildman–Crippen LogP) is 4.23. The van der Waals surface area contributed by atoms with Gasteiger partial charge in [0.2, 0.25) is 5.91 Å². The number of ether oxygens (including phenoxy) is 1. The quantitative estimate of drug-likeness (QED) is 0.672. The molecule has 5 nitrogen and oxygen atoms in total. The third-order valence-corrected chi connectivity index (χ3v) is 6.02. The minimum Gasteiger partial charge on any atom is -0.380 e. The van der Waals surface area contributed by atoms with Gasteiger partial charge in [-0.25, -0.2) is 14.4 Å². The molecule has 2 amide bonds. The molecule has 2 aromatic rings. The average molecular weight is 421 g/mol. The Hall–Kier alpha value is -2.38. The SMILES string of the molecule is CCC(=O)N[C@@H](C(=O)Nc1ccc(S(C)(C)C)c(F)c1)c1ccc(COC)cc1. The standard InChI is InChI=1S/C22H29FN2O3S/c1-6-20(26)25-21(16-9-7-15(8-10-16)14-28-2)22(27)24-17-11-12-19(18(23)13-17)29(3,4)5/h7-13,21H,6,14H2,1-5H3,(H,24,27)(H,25,26)/t21-/m1/s1. The molecule has 7 heteroatoms. The Kier molecular flexibility index (Phi) is 7.81. The van der Waals surface area contributed by atoms with E-state index in [-0.39, 0.29) is 18.1 Å². The van der Waals surface area contributed by atoms with Crippen molar-refractivity contribution >= 4 is 27.5 Å². The molecule has 0 unspecified atom stereocenters. The molecule has 0 fully saturated rings. The van der Waals surface area contributed by atoms with Gasteiger partial charge in [-0.1, -0.05) is 31.2 Å². The summed E-state index contributed by atoms with van der Waals surface area (Å²) in [4.78, 5) is 25.5. The summed E-state index contributed by atoms with van der Waals surface area (Å²) >= 11 is 0. The Balaban J connectivity index is 2.25. The summed E-state index contributed by atoms with van der Waals surface area (Å²) in [6, 6.07) is 11.1. The fourth-order valence-corrected chi connectivity index (χ4v) is 3.95. The minimum atomic E-state index is -1.22. The normalized spacial score (nSPS) is 12.9. The Morgan fingerprint density at radius 1 is 1.10 bits per heavy atom. The molecule has 0 aliphatic heterocycles. The van der Waals surface area contributed by atoms with E-state index < -0.39 is 22.0 Å². The van der Waals surface area contributed by atoms with E-state index in [1.165, 1.54) is 6.07 Å². The first kappa shape index (κ1) is 22.9. The van der Waals surface area contributed by atoms with Crippen molar-refractivity contribution in [3.8, 4) is 0 Å². The molecule has 158 valence electrons. The highest BCUT2D eigenvalue weighted by Gasteiger charge is 2.23. The second-order valence-corrected chi connectivity index (χ2v) is 11.6. The zero-order valence-electron chi connectivity index (χ0n) is 17.5. The number of hydrogen-bond donors (Lipinski definition) is 2. The fraction of sp³-hybridized carbons (Fsp3) is 0.364. The highest BCUT2D eigenvalue weighted by Crippen LogP contribution is 2.46. The number of hydrogen-bond acceptors (Lipinski definition) is 3. The number of amides is 2. The molecule has 0 radical (unpaired) electrons. The number of rotatable bonds is 8. The molecule has 0 aliphatic carbocycles. The Labute approximate surface area is 173 Å². The van der Waals surface area contributed by atoms with Crippen LogP contribution in [0.2, 0.25) is 0 Å². The van der Waals surface area contributed by atoms with Crippen LogP contribution in [0.1, 0.15) is 30.5 Å². The van der Waals surface area contributed by atoms with Crippen LogP contribution in [0.15, 0.2) is 47.4 Å². The first-order valence-electron chi connectivity index (χ1n) is 9.31. The van der Waals surface area contributed by atoms with Crippen LogP contribution in [0.25, 0.3) is 0 Å². The van der Waals surface area contributed by atoms with E-state index in [1.54, 1.807) is 38.3 Å². The lowest BCUT2D eigenvalue weighted by atomic mass is 10.0. The van der Waals surface area contributed by atoms with Gasteiger partial charge in [0.15, 0.2) is 0 Å². The summed E-state index contributed by atoms with van der Waals surface area (Å²) in [5.41, 5.74) is 1.95. The first-order chi connectivity index (χ1) is 13.7. The van der Waals surface area contributed by atoms with Crippen molar-refractivity contribution in [3.63, 3.8) is 0 Å². The molecule has 2 aromatic carbocycles. The highest BCUT2D eigenvalue weighted by molar-refractivity contribution is 8.32. The second-order valence-electron chi connectivity index (χ2n) is 7.50. The summed E-state index contributed by atoms with van der Waals surface area (Å²) in [7, 11) is 0.387. The topological polar surface area (TPSA) is 67.4 Å². The van der Waals surface area contributed by atoms with Gasteiger partial charge in [-0.05, 0) is 48.1 Å². The maximum absolute atomic E-state index is 14.5. The number of methoxy groups -OCH3 is 1. The van der Waals surface area contributed by atoms with Crippen LogP contribution in [0, 0.1) is 5.82 Å². The van der Waals surface area contributed by atoms with Crippen LogP contribution in [-0.4, -0.2) is 37.7 Å². The zero-order valence-corrected chi connectivity index (χ0v) is 18.4. The predicted molar refractivity (Wildman–Crippen MR) is 117 cm³/mol. The van der Waals surface area contributed by atoms with Crippen molar-refractivity contribution in [1.82, 2.24) is 5.32 Å². The first-order valence-corrected chi connectivity index (χ1v) is 12.2. The Morgan fingerprint density at radius 3 is 2.28 bits per heavy atom. The van der Waals surface area contributed by atoms with Crippen LogP contribution < -0.4 is 10.6 Å². The van der Waals surface area contributed by atoms with Gasteiger partial charge < -0.3 is 15.4 Å². The maximum atomic E-state index is 14.5. The van der Waals surface area contributed by atoms with Crippen molar-refractivity contribution in [2.75, 3.05) is 31.2 Å². The van der Waals surface area contributed by atoms with E-state index in [0.717, 1.165) is 5.56 Å². The summed E-state index contributed by atoms with van der Waals surface area (Å²) in [6.45, 7) is 2.18. The summed E-state index contributed by atoms with van der Waals surface area (Å²) in [5.74, 6) is -1.02. The van der Waals surface area contributed by atoms with E-state index in [9.17, 15) is 14.0 Å². The molecule has 0 saturated carbocycles. The number of nitrogens with one attached hydrogen (secondary N) is 2.